The van der Waals surface area contributed by atoms with E-state index in [0.717, 1.165) is 11.8 Å². The van der Waals surface area contributed by atoms with Gasteiger partial charge in [-0.2, -0.15) is 0 Å². The van der Waals surface area contributed by atoms with Crippen molar-refractivity contribution < 1.29 is 18.7 Å². The van der Waals surface area contributed by atoms with Crippen LogP contribution >= 0.6 is 27.7 Å². The van der Waals surface area contributed by atoms with E-state index in [1.807, 2.05) is 0 Å². The molecule has 5 nitrogen and oxygen atoms in total. The van der Waals surface area contributed by atoms with Gasteiger partial charge in [-0.05, 0) is 34.1 Å². The van der Waals surface area contributed by atoms with Crippen LogP contribution in [0.3, 0.4) is 0 Å². The second kappa shape index (κ2) is 5.49. The molecule has 94 valence electrons. The van der Waals surface area contributed by atoms with Crippen LogP contribution in [-0.4, -0.2) is 27.0 Å². The minimum atomic E-state index is -0.968. The Morgan fingerprint density at radius 2 is 2.28 bits per heavy atom. The molecule has 0 aliphatic heterocycles. The third kappa shape index (κ3) is 3.08. The maximum atomic E-state index is 13.0. The molecule has 1 heterocycles. The maximum absolute atomic E-state index is 13.0. The number of hydrogen-bond donors (Lipinski definition) is 1. The summed E-state index contributed by atoms with van der Waals surface area (Å²) in [5.41, 5.74) is 0.554. The predicted octanol–water partition coefficient (Wildman–Crippen LogP) is 2.81. The number of rotatable bonds is 4. The molecule has 0 amide bonds. The molecule has 0 unspecified atom stereocenters. The maximum Gasteiger partial charge on any atom is 0.314 e. The van der Waals surface area contributed by atoms with Crippen LogP contribution in [0.4, 0.5) is 4.39 Å². The molecule has 0 atom stereocenters. The van der Waals surface area contributed by atoms with Gasteiger partial charge < -0.3 is 9.52 Å². The average Bonchev–Trinajstić information content (AvgIpc) is 2.79. The van der Waals surface area contributed by atoms with E-state index < -0.39 is 11.8 Å². The number of nitrogens with zero attached hydrogens (tertiary/aromatic N) is 2. The number of aromatic nitrogens is 2. The van der Waals surface area contributed by atoms with Gasteiger partial charge in [0.05, 0.1) is 4.47 Å². The molecule has 8 heteroatoms. The average molecular weight is 333 g/mol. The van der Waals surface area contributed by atoms with E-state index in [1.165, 1.54) is 18.2 Å². The topological polar surface area (TPSA) is 76.2 Å². The van der Waals surface area contributed by atoms with E-state index in [1.54, 1.807) is 0 Å². The number of hydrogen-bond acceptors (Lipinski definition) is 5. The number of benzene rings is 1. The molecule has 1 aromatic heterocycles. The van der Waals surface area contributed by atoms with Gasteiger partial charge in [0.15, 0.2) is 0 Å². The Kier molecular flexibility index (Phi) is 3.97. The molecule has 2 rings (SSSR count). The third-order valence-corrected chi connectivity index (χ3v) is 3.30. The van der Waals surface area contributed by atoms with Crippen LogP contribution in [0, 0.1) is 5.82 Å². The van der Waals surface area contributed by atoms with Crippen molar-refractivity contribution in [1.29, 1.82) is 0 Å². The molecule has 18 heavy (non-hydrogen) atoms. The van der Waals surface area contributed by atoms with Crippen molar-refractivity contribution in [3.05, 3.63) is 28.5 Å². The summed E-state index contributed by atoms with van der Waals surface area (Å²) in [5.74, 6) is -1.30. The number of thioether (sulfide) groups is 1. The molecule has 0 saturated carbocycles. The lowest BCUT2D eigenvalue weighted by Crippen LogP contribution is -1.97. The van der Waals surface area contributed by atoms with Crippen LogP contribution in [0.15, 0.2) is 32.3 Å². The van der Waals surface area contributed by atoms with E-state index in [9.17, 15) is 9.18 Å². The van der Waals surface area contributed by atoms with Crippen molar-refractivity contribution in [2.75, 3.05) is 5.75 Å². The van der Waals surface area contributed by atoms with E-state index in [0.29, 0.717) is 5.56 Å². The van der Waals surface area contributed by atoms with Crippen molar-refractivity contribution in [3.8, 4) is 11.5 Å². The fourth-order valence-electron chi connectivity index (χ4n) is 1.14. The summed E-state index contributed by atoms with van der Waals surface area (Å²) in [4.78, 5) is 10.4. The van der Waals surface area contributed by atoms with Crippen molar-refractivity contribution in [2.24, 2.45) is 0 Å². The van der Waals surface area contributed by atoms with Crippen molar-refractivity contribution in [1.82, 2.24) is 10.2 Å². The van der Waals surface area contributed by atoms with E-state index in [2.05, 4.69) is 26.1 Å². The Morgan fingerprint density at radius 3 is 2.94 bits per heavy atom. The Balaban J connectivity index is 2.18. The fourth-order valence-corrected chi connectivity index (χ4v) is 2.00. The molecule has 0 aliphatic rings. The molecule has 0 bridgehead atoms. The minimum absolute atomic E-state index is 0.158. The van der Waals surface area contributed by atoms with Gasteiger partial charge in [0.2, 0.25) is 5.89 Å². The molecule has 0 radical (unpaired) electrons. The first-order valence-electron chi connectivity index (χ1n) is 4.70. The zero-order chi connectivity index (χ0) is 13.1. The molecule has 1 aromatic carbocycles. The highest BCUT2D eigenvalue weighted by Gasteiger charge is 2.11. The molecule has 1 N–H and O–H groups in total. The highest BCUT2D eigenvalue weighted by molar-refractivity contribution is 9.10. The van der Waals surface area contributed by atoms with E-state index in [4.69, 9.17) is 9.52 Å². The Labute approximate surface area is 114 Å². The standard InChI is InChI=1S/C10H6BrFN2O3S/c11-6-3-5(1-2-7(6)12)9-13-14-10(17-9)18-4-8(15)16/h1-3H,4H2,(H,15,16). The Hall–Kier alpha value is -1.41. The van der Waals surface area contributed by atoms with Crippen LogP contribution in [0.25, 0.3) is 11.5 Å². The molecule has 2 aromatic rings. The quantitative estimate of drug-likeness (QED) is 0.867. The number of halogens is 2. The lowest BCUT2D eigenvalue weighted by atomic mass is 10.2. The number of carbonyl (C=O) groups is 1. The number of aliphatic carboxylic acids is 1. The summed E-state index contributed by atoms with van der Waals surface area (Å²) in [7, 11) is 0. The van der Waals surface area contributed by atoms with Gasteiger partial charge in [-0.3, -0.25) is 4.79 Å². The second-order valence-corrected chi connectivity index (χ2v) is 4.97. The summed E-state index contributed by atoms with van der Waals surface area (Å²) in [5, 5.41) is 16.1. The van der Waals surface area contributed by atoms with E-state index >= 15 is 0 Å². The van der Waals surface area contributed by atoms with Crippen LogP contribution in [0.2, 0.25) is 0 Å². The monoisotopic (exact) mass is 332 g/mol. The summed E-state index contributed by atoms with van der Waals surface area (Å²) in [6.07, 6.45) is 0. The largest absolute Gasteiger partial charge is 0.481 e. The van der Waals surface area contributed by atoms with Crippen LogP contribution in [0.1, 0.15) is 0 Å². The second-order valence-electron chi connectivity index (χ2n) is 3.18. The molecular formula is C10H6BrFN2O3S. The van der Waals surface area contributed by atoms with Crippen molar-refractivity contribution in [3.63, 3.8) is 0 Å². The Bertz CT molecular complexity index is 590. The number of carboxylic acids is 1. The first kappa shape index (κ1) is 13.0. The summed E-state index contributed by atoms with van der Waals surface area (Å²) >= 11 is 3.98. The van der Waals surface area contributed by atoms with Crippen LogP contribution < -0.4 is 0 Å². The first-order chi connectivity index (χ1) is 8.56. The molecule has 0 spiro atoms. The predicted molar refractivity (Wildman–Crippen MR) is 65.8 cm³/mol. The van der Waals surface area contributed by atoms with Gasteiger partial charge in [0.1, 0.15) is 11.6 Å². The van der Waals surface area contributed by atoms with Crippen LogP contribution in [0.5, 0.6) is 0 Å². The lowest BCUT2D eigenvalue weighted by molar-refractivity contribution is -0.133. The van der Waals surface area contributed by atoms with Gasteiger partial charge in [-0.15, -0.1) is 10.2 Å². The third-order valence-electron chi connectivity index (χ3n) is 1.89. The minimum Gasteiger partial charge on any atom is -0.481 e. The fraction of sp³-hybridized carbons (Fsp3) is 0.100. The zero-order valence-corrected chi connectivity index (χ0v) is 11.2. The number of carboxylic acid groups (broad SMARTS) is 1. The highest BCUT2D eigenvalue weighted by Crippen LogP contribution is 2.26. The van der Waals surface area contributed by atoms with Crippen LogP contribution in [-0.2, 0) is 4.79 Å². The summed E-state index contributed by atoms with van der Waals surface area (Å²) < 4.78 is 18.6. The lowest BCUT2D eigenvalue weighted by Gasteiger charge is -1.97. The smallest absolute Gasteiger partial charge is 0.314 e. The zero-order valence-electron chi connectivity index (χ0n) is 8.76. The Morgan fingerprint density at radius 1 is 1.50 bits per heavy atom. The first-order valence-corrected chi connectivity index (χ1v) is 6.47. The van der Waals surface area contributed by atoms with Crippen molar-refractivity contribution in [2.45, 2.75) is 5.22 Å². The van der Waals surface area contributed by atoms with Gasteiger partial charge in [0.25, 0.3) is 5.22 Å². The van der Waals surface area contributed by atoms with Gasteiger partial charge in [0, 0.05) is 5.56 Å². The summed E-state index contributed by atoms with van der Waals surface area (Å²) in [6.45, 7) is 0. The van der Waals surface area contributed by atoms with E-state index in [-0.39, 0.29) is 21.3 Å². The SMILES string of the molecule is O=C(O)CSc1nnc(-c2ccc(F)c(Br)c2)o1. The highest BCUT2D eigenvalue weighted by atomic mass is 79.9. The van der Waals surface area contributed by atoms with Gasteiger partial charge >= 0.3 is 5.97 Å². The molecular weight excluding hydrogens is 327 g/mol. The molecule has 0 aliphatic carbocycles. The molecule has 0 saturated heterocycles. The summed E-state index contributed by atoms with van der Waals surface area (Å²) in [6, 6.07) is 4.28. The van der Waals surface area contributed by atoms with Crippen molar-refractivity contribution >= 4 is 33.7 Å². The normalized spacial score (nSPS) is 10.6. The molecule has 0 fully saturated rings. The van der Waals surface area contributed by atoms with Gasteiger partial charge in [-0.1, -0.05) is 11.8 Å². The van der Waals surface area contributed by atoms with Gasteiger partial charge in [-0.25, -0.2) is 4.39 Å².